The molecule has 0 rings (SSSR count). The van der Waals surface area contributed by atoms with E-state index in [4.69, 9.17) is 0 Å². The van der Waals surface area contributed by atoms with Crippen LogP contribution >= 0.6 is 0 Å². The summed E-state index contributed by atoms with van der Waals surface area (Å²) in [6.07, 6.45) is 7.36. The van der Waals surface area contributed by atoms with E-state index in [1.54, 1.807) is 0 Å². The zero-order chi connectivity index (χ0) is 22.3. The number of carboxylic acids is 2. The fourth-order valence-corrected chi connectivity index (χ4v) is 3.86. The first-order chi connectivity index (χ1) is 13.8. The van der Waals surface area contributed by atoms with Crippen molar-refractivity contribution >= 4 is 17.8 Å². The molecule has 3 unspecified atom stereocenters. The molecule has 0 heterocycles. The number of nitrogens with zero attached hydrogens (tertiary/aromatic N) is 1. The van der Waals surface area contributed by atoms with E-state index in [9.17, 15) is 29.7 Å². The van der Waals surface area contributed by atoms with Crippen molar-refractivity contribution in [3.8, 4) is 0 Å². The van der Waals surface area contributed by atoms with Crippen molar-refractivity contribution in [1.29, 1.82) is 0 Å². The van der Waals surface area contributed by atoms with Crippen LogP contribution in [0.15, 0.2) is 12.2 Å². The number of amides is 1. The number of hydrogen-bond donors (Lipinski definition) is 3. The number of carboxylic acid groups (broad SMARTS) is 2. The molecule has 168 valence electrons. The second kappa shape index (κ2) is 15.0. The first-order valence-corrected chi connectivity index (χ1v) is 10.6. The summed E-state index contributed by atoms with van der Waals surface area (Å²) in [4.78, 5) is 36.0. The maximum absolute atomic E-state index is 12.1. The Kier molecular flexibility index (Phi) is 14.0. The number of carbonyl (C=O) groups is 3. The second-order valence-corrected chi connectivity index (χ2v) is 7.31. The van der Waals surface area contributed by atoms with Gasteiger partial charge in [0.25, 0.3) is 0 Å². The SMILES string of the molecule is CC/C=C/CCC(=O)NCC[N+](CCO)(C(CCC)C(=O)[O-])C(CCC)C(=O)O. The van der Waals surface area contributed by atoms with Crippen molar-refractivity contribution in [2.24, 2.45) is 0 Å². The number of allylic oxidation sites excluding steroid dienone is 2. The predicted molar refractivity (Wildman–Crippen MR) is 109 cm³/mol. The van der Waals surface area contributed by atoms with Gasteiger partial charge >= 0.3 is 5.97 Å². The smallest absolute Gasteiger partial charge is 0.362 e. The number of aliphatic carboxylic acids is 2. The number of hydrogen-bond acceptors (Lipinski definition) is 5. The van der Waals surface area contributed by atoms with Gasteiger partial charge < -0.3 is 29.9 Å². The van der Waals surface area contributed by atoms with Crippen LogP contribution in [0, 0.1) is 0 Å². The van der Waals surface area contributed by atoms with Crippen molar-refractivity contribution in [3.63, 3.8) is 0 Å². The molecule has 0 aliphatic carbocycles. The summed E-state index contributed by atoms with van der Waals surface area (Å²) in [5, 5.41) is 34.2. The van der Waals surface area contributed by atoms with E-state index in [-0.39, 0.29) is 49.5 Å². The molecule has 3 N–H and O–H groups in total. The maximum atomic E-state index is 12.1. The van der Waals surface area contributed by atoms with E-state index in [0.717, 1.165) is 6.42 Å². The standard InChI is InChI=1S/C21H38N2O6/c1-4-7-8-9-12-19(25)22-13-14-23(15-16-24,17(10-5-2)20(26)27)18(11-6-3)21(28)29/h7-8,17-18,24H,4-6,9-16H2,1-3H3,(H2-,22,25,26,27,28,29)/b8-7+. The van der Waals surface area contributed by atoms with E-state index >= 15 is 0 Å². The van der Waals surface area contributed by atoms with Crippen LogP contribution in [-0.4, -0.2) is 70.9 Å². The van der Waals surface area contributed by atoms with E-state index < -0.39 is 24.0 Å². The summed E-state index contributed by atoms with van der Waals surface area (Å²) < 4.78 is -0.328. The zero-order valence-electron chi connectivity index (χ0n) is 18.1. The Labute approximate surface area is 174 Å². The molecule has 8 nitrogen and oxygen atoms in total. The van der Waals surface area contributed by atoms with Crippen molar-refractivity contribution in [2.45, 2.75) is 77.8 Å². The highest BCUT2D eigenvalue weighted by Gasteiger charge is 2.47. The fraction of sp³-hybridized carbons (Fsp3) is 0.762. The highest BCUT2D eigenvalue weighted by Crippen LogP contribution is 2.26. The van der Waals surface area contributed by atoms with Gasteiger partial charge in [-0.25, -0.2) is 4.79 Å². The molecule has 3 atom stereocenters. The van der Waals surface area contributed by atoms with Crippen LogP contribution < -0.4 is 10.4 Å². The molecule has 0 aliphatic heterocycles. The van der Waals surface area contributed by atoms with Crippen molar-refractivity contribution < 1.29 is 34.2 Å². The normalized spacial score (nSPS) is 15.6. The third kappa shape index (κ3) is 8.95. The fourth-order valence-electron chi connectivity index (χ4n) is 3.86. The Bertz CT molecular complexity index is 511. The molecular formula is C21H38N2O6. The van der Waals surface area contributed by atoms with Gasteiger partial charge in [-0.1, -0.05) is 39.3 Å². The highest BCUT2D eigenvalue weighted by atomic mass is 16.4. The minimum absolute atomic E-state index is 0.0231. The summed E-state index contributed by atoms with van der Waals surface area (Å²) in [7, 11) is 0. The first kappa shape index (κ1) is 27.1. The average Bonchev–Trinajstić information content (AvgIpc) is 2.66. The maximum Gasteiger partial charge on any atom is 0.362 e. The molecule has 0 aliphatic rings. The number of aliphatic hydroxyl groups is 1. The lowest BCUT2D eigenvalue weighted by Gasteiger charge is -2.48. The molecular weight excluding hydrogens is 376 g/mol. The summed E-state index contributed by atoms with van der Waals surface area (Å²) >= 11 is 0. The molecule has 0 spiro atoms. The molecule has 0 saturated carbocycles. The van der Waals surface area contributed by atoms with Crippen LogP contribution in [0.3, 0.4) is 0 Å². The number of aliphatic hydroxyl groups excluding tert-OH is 1. The molecule has 29 heavy (non-hydrogen) atoms. The van der Waals surface area contributed by atoms with Gasteiger partial charge in [0.1, 0.15) is 12.6 Å². The van der Waals surface area contributed by atoms with Crippen LogP contribution in [0.4, 0.5) is 0 Å². The quantitative estimate of drug-likeness (QED) is 0.239. The Morgan fingerprint density at radius 1 is 1.03 bits per heavy atom. The molecule has 0 saturated heterocycles. The number of carbonyl (C=O) groups excluding carboxylic acids is 2. The lowest BCUT2D eigenvalue weighted by Crippen LogP contribution is -2.70. The van der Waals surface area contributed by atoms with Gasteiger partial charge in [-0.2, -0.15) is 0 Å². The van der Waals surface area contributed by atoms with Crippen molar-refractivity contribution in [2.75, 3.05) is 26.2 Å². The number of quaternary nitrogens is 1. The molecule has 0 aromatic rings. The second-order valence-electron chi connectivity index (χ2n) is 7.31. The topological polar surface area (TPSA) is 127 Å². The Balaban J connectivity index is 5.58. The predicted octanol–water partition coefficient (Wildman–Crippen LogP) is 0.830. The summed E-state index contributed by atoms with van der Waals surface area (Å²) in [6.45, 7) is 5.54. The van der Waals surface area contributed by atoms with Crippen LogP contribution in [-0.2, 0) is 14.4 Å². The van der Waals surface area contributed by atoms with Gasteiger partial charge in [0.05, 0.1) is 25.7 Å². The van der Waals surface area contributed by atoms with Gasteiger partial charge in [0, 0.05) is 19.3 Å². The molecule has 0 aromatic carbocycles. The van der Waals surface area contributed by atoms with E-state index in [1.807, 2.05) is 32.9 Å². The van der Waals surface area contributed by atoms with Crippen LogP contribution in [0.2, 0.25) is 0 Å². The van der Waals surface area contributed by atoms with Crippen LogP contribution in [0.25, 0.3) is 0 Å². The third-order valence-electron chi connectivity index (χ3n) is 5.23. The molecule has 0 radical (unpaired) electrons. The van der Waals surface area contributed by atoms with Crippen LogP contribution in [0.1, 0.15) is 65.7 Å². The minimum atomic E-state index is -1.32. The first-order valence-electron chi connectivity index (χ1n) is 10.6. The Hall–Kier alpha value is -1.93. The van der Waals surface area contributed by atoms with Gasteiger partial charge in [0.15, 0.2) is 6.04 Å². The van der Waals surface area contributed by atoms with Gasteiger partial charge in [-0.3, -0.25) is 4.79 Å². The molecule has 1 amide bonds. The van der Waals surface area contributed by atoms with Gasteiger partial charge in [0.2, 0.25) is 5.91 Å². The lowest BCUT2D eigenvalue weighted by atomic mass is 9.98. The monoisotopic (exact) mass is 414 g/mol. The van der Waals surface area contributed by atoms with E-state index in [0.29, 0.717) is 25.7 Å². The van der Waals surface area contributed by atoms with Gasteiger partial charge in [-0.05, 0) is 19.3 Å². The summed E-state index contributed by atoms with van der Waals surface area (Å²) in [5.74, 6) is -2.59. The zero-order valence-corrected chi connectivity index (χ0v) is 18.1. The third-order valence-corrected chi connectivity index (χ3v) is 5.23. The number of rotatable bonds is 17. The largest absolute Gasteiger partial charge is 0.544 e. The molecule has 0 aromatic heterocycles. The number of nitrogens with one attached hydrogen (secondary N) is 1. The Morgan fingerprint density at radius 3 is 2.14 bits per heavy atom. The molecule has 0 fully saturated rings. The van der Waals surface area contributed by atoms with E-state index in [2.05, 4.69) is 5.32 Å². The van der Waals surface area contributed by atoms with E-state index in [1.165, 1.54) is 0 Å². The average molecular weight is 415 g/mol. The Morgan fingerprint density at radius 2 is 1.66 bits per heavy atom. The molecule has 0 bridgehead atoms. The van der Waals surface area contributed by atoms with Crippen LogP contribution in [0.5, 0.6) is 0 Å². The van der Waals surface area contributed by atoms with Crippen molar-refractivity contribution in [1.82, 2.24) is 5.32 Å². The summed E-state index contributed by atoms with van der Waals surface area (Å²) in [6, 6.07) is -2.06. The minimum Gasteiger partial charge on any atom is -0.544 e. The highest BCUT2D eigenvalue weighted by molar-refractivity contribution is 5.76. The summed E-state index contributed by atoms with van der Waals surface area (Å²) in [5.41, 5.74) is 0. The van der Waals surface area contributed by atoms with Crippen molar-refractivity contribution in [3.05, 3.63) is 12.2 Å². The lowest BCUT2D eigenvalue weighted by molar-refractivity contribution is -0.959. The van der Waals surface area contributed by atoms with Gasteiger partial charge in [-0.15, -0.1) is 0 Å². The molecule has 8 heteroatoms.